The lowest BCUT2D eigenvalue weighted by molar-refractivity contribution is -0.129. The maximum absolute atomic E-state index is 12.7. The van der Waals surface area contributed by atoms with Crippen molar-refractivity contribution in [2.24, 2.45) is 11.7 Å². The van der Waals surface area contributed by atoms with E-state index in [0.29, 0.717) is 12.5 Å². The monoisotopic (exact) mass is 276 g/mol. The predicted octanol–water partition coefficient (Wildman–Crippen LogP) is 1.82. The zero-order valence-electron chi connectivity index (χ0n) is 11.0. The number of aryl methyl sites for hydroxylation is 1. The summed E-state index contributed by atoms with van der Waals surface area (Å²) < 4.78 is 0. The van der Waals surface area contributed by atoms with Gasteiger partial charge in [0.05, 0.1) is 0 Å². The van der Waals surface area contributed by atoms with E-state index in [9.17, 15) is 4.79 Å². The number of hydrogen-bond acceptors (Lipinski definition) is 3. The van der Waals surface area contributed by atoms with Crippen LogP contribution in [0.25, 0.3) is 0 Å². The van der Waals surface area contributed by atoms with Gasteiger partial charge >= 0.3 is 0 Å². The number of hydrogen-bond donors (Lipinski definition) is 1. The van der Waals surface area contributed by atoms with Gasteiger partial charge in [-0.2, -0.15) is 0 Å². The normalized spacial score (nSPS) is 26.3. The predicted molar refractivity (Wildman–Crippen MR) is 79.1 cm³/mol. The highest BCUT2D eigenvalue weighted by Gasteiger charge is 2.33. The van der Waals surface area contributed by atoms with Gasteiger partial charge in [0.2, 0.25) is 5.91 Å². The van der Waals surface area contributed by atoms with E-state index in [1.165, 1.54) is 11.1 Å². The molecule has 0 saturated carbocycles. The van der Waals surface area contributed by atoms with Crippen LogP contribution in [0.15, 0.2) is 24.3 Å². The minimum atomic E-state index is 0.00137. The van der Waals surface area contributed by atoms with Gasteiger partial charge in [-0.15, -0.1) is 11.8 Å². The van der Waals surface area contributed by atoms with Crippen molar-refractivity contribution in [1.82, 2.24) is 4.90 Å². The SMILES string of the molecule is NCC1CCN(C(=O)C2SCCc3ccccc32)C1. The standard InChI is InChI=1S/C15H20N2OS/c16-9-11-5-7-17(10-11)15(18)14-13-4-2-1-3-12(13)6-8-19-14/h1-4,11,14H,5-10,16H2. The highest BCUT2D eigenvalue weighted by molar-refractivity contribution is 8.00. The summed E-state index contributed by atoms with van der Waals surface area (Å²) in [6.45, 7) is 2.41. The van der Waals surface area contributed by atoms with Crippen LogP contribution in [0.1, 0.15) is 22.8 Å². The van der Waals surface area contributed by atoms with Crippen LogP contribution in [-0.4, -0.2) is 36.2 Å². The first-order valence-electron chi connectivity index (χ1n) is 6.98. The number of carbonyl (C=O) groups is 1. The van der Waals surface area contributed by atoms with E-state index in [1.807, 2.05) is 11.0 Å². The lowest BCUT2D eigenvalue weighted by Gasteiger charge is -2.28. The number of nitrogens with zero attached hydrogens (tertiary/aromatic N) is 1. The average Bonchev–Trinajstić information content (AvgIpc) is 2.95. The lowest BCUT2D eigenvalue weighted by atomic mass is 10.0. The molecule has 2 aliphatic heterocycles. The molecule has 0 spiro atoms. The van der Waals surface area contributed by atoms with Crippen molar-refractivity contribution in [3.8, 4) is 0 Å². The minimum absolute atomic E-state index is 0.00137. The lowest BCUT2D eigenvalue weighted by Crippen LogP contribution is -2.34. The van der Waals surface area contributed by atoms with Gasteiger partial charge < -0.3 is 10.6 Å². The van der Waals surface area contributed by atoms with Gasteiger partial charge in [0.15, 0.2) is 0 Å². The average molecular weight is 276 g/mol. The Balaban J connectivity index is 1.78. The second kappa shape index (κ2) is 5.55. The molecule has 2 aliphatic rings. The Labute approximate surface area is 118 Å². The maximum atomic E-state index is 12.7. The Morgan fingerprint density at radius 1 is 1.42 bits per heavy atom. The third-order valence-corrected chi connectivity index (χ3v) is 5.38. The molecule has 2 atom stereocenters. The summed E-state index contributed by atoms with van der Waals surface area (Å²) in [5, 5.41) is 0.00137. The molecule has 2 unspecified atom stereocenters. The number of rotatable bonds is 2. The number of benzene rings is 1. The fourth-order valence-electron chi connectivity index (χ4n) is 2.99. The quantitative estimate of drug-likeness (QED) is 0.896. The first-order chi connectivity index (χ1) is 9.29. The number of amides is 1. The zero-order chi connectivity index (χ0) is 13.2. The molecule has 0 radical (unpaired) electrons. The highest BCUT2D eigenvalue weighted by atomic mass is 32.2. The van der Waals surface area contributed by atoms with Gasteiger partial charge in [0, 0.05) is 13.1 Å². The molecule has 19 heavy (non-hydrogen) atoms. The number of nitrogens with two attached hydrogens (primary N) is 1. The fourth-order valence-corrected chi connectivity index (χ4v) is 4.26. The van der Waals surface area contributed by atoms with E-state index in [0.717, 1.165) is 31.7 Å². The van der Waals surface area contributed by atoms with Crippen LogP contribution in [0.4, 0.5) is 0 Å². The van der Waals surface area contributed by atoms with Crippen molar-refractivity contribution in [2.75, 3.05) is 25.4 Å². The fraction of sp³-hybridized carbons (Fsp3) is 0.533. The third-order valence-electron chi connectivity index (χ3n) is 4.15. The highest BCUT2D eigenvalue weighted by Crippen LogP contribution is 2.38. The van der Waals surface area contributed by atoms with Crippen LogP contribution >= 0.6 is 11.8 Å². The summed E-state index contributed by atoms with van der Waals surface area (Å²) in [4.78, 5) is 14.7. The smallest absolute Gasteiger partial charge is 0.240 e. The van der Waals surface area contributed by atoms with Crippen molar-refractivity contribution in [3.05, 3.63) is 35.4 Å². The molecule has 1 aromatic carbocycles. The zero-order valence-corrected chi connectivity index (χ0v) is 11.9. The molecule has 1 amide bonds. The Kier molecular flexibility index (Phi) is 3.80. The Hall–Kier alpha value is -1.00. The van der Waals surface area contributed by atoms with Gasteiger partial charge in [-0.1, -0.05) is 24.3 Å². The number of fused-ring (bicyclic) bond motifs is 1. The van der Waals surface area contributed by atoms with Crippen LogP contribution < -0.4 is 5.73 Å². The molecule has 2 N–H and O–H groups in total. The number of likely N-dealkylation sites (tertiary alicyclic amines) is 1. The van der Waals surface area contributed by atoms with Gasteiger partial charge in [-0.25, -0.2) is 0 Å². The van der Waals surface area contributed by atoms with Crippen LogP contribution in [0.3, 0.4) is 0 Å². The van der Waals surface area contributed by atoms with E-state index < -0.39 is 0 Å². The van der Waals surface area contributed by atoms with Crippen LogP contribution in [0.2, 0.25) is 0 Å². The summed E-state index contributed by atoms with van der Waals surface area (Å²) in [6.07, 6.45) is 2.14. The van der Waals surface area contributed by atoms with Crippen molar-refractivity contribution in [1.29, 1.82) is 0 Å². The van der Waals surface area contributed by atoms with Crippen molar-refractivity contribution < 1.29 is 4.79 Å². The summed E-state index contributed by atoms with van der Waals surface area (Å²) in [6, 6.07) is 8.37. The summed E-state index contributed by atoms with van der Waals surface area (Å²) in [7, 11) is 0. The molecule has 0 bridgehead atoms. The summed E-state index contributed by atoms with van der Waals surface area (Å²) in [5.74, 6) is 1.82. The second-order valence-corrected chi connectivity index (χ2v) is 6.59. The number of thioether (sulfide) groups is 1. The molecule has 1 fully saturated rings. The minimum Gasteiger partial charge on any atom is -0.341 e. The molecular formula is C15H20N2OS. The molecule has 0 aromatic heterocycles. The Bertz CT molecular complexity index is 477. The Morgan fingerprint density at radius 3 is 3.05 bits per heavy atom. The molecule has 1 aromatic rings. The van der Waals surface area contributed by atoms with E-state index in [2.05, 4.69) is 18.2 Å². The largest absolute Gasteiger partial charge is 0.341 e. The molecule has 102 valence electrons. The molecular weight excluding hydrogens is 256 g/mol. The van der Waals surface area contributed by atoms with Gasteiger partial charge in [0.1, 0.15) is 5.25 Å². The summed E-state index contributed by atoms with van der Waals surface area (Å²) in [5.41, 5.74) is 8.27. The van der Waals surface area contributed by atoms with E-state index in [4.69, 9.17) is 5.73 Å². The molecule has 0 aliphatic carbocycles. The maximum Gasteiger partial charge on any atom is 0.240 e. The van der Waals surface area contributed by atoms with Crippen molar-refractivity contribution in [3.63, 3.8) is 0 Å². The topological polar surface area (TPSA) is 46.3 Å². The molecule has 2 heterocycles. The second-order valence-electron chi connectivity index (χ2n) is 5.37. The van der Waals surface area contributed by atoms with Crippen LogP contribution in [-0.2, 0) is 11.2 Å². The molecule has 1 saturated heterocycles. The van der Waals surface area contributed by atoms with Crippen molar-refractivity contribution in [2.45, 2.75) is 18.1 Å². The molecule has 3 rings (SSSR count). The van der Waals surface area contributed by atoms with E-state index in [1.54, 1.807) is 11.8 Å². The molecule has 3 nitrogen and oxygen atoms in total. The van der Waals surface area contributed by atoms with Gasteiger partial charge in [-0.3, -0.25) is 4.79 Å². The van der Waals surface area contributed by atoms with Crippen LogP contribution in [0, 0.1) is 5.92 Å². The first-order valence-corrected chi connectivity index (χ1v) is 8.02. The molecule has 4 heteroatoms. The van der Waals surface area contributed by atoms with Gasteiger partial charge in [-0.05, 0) is 42.2 Å². The van der Waals surface area contributed by atoms with Crippen molar-refractivity contribution >= 4 is 17.7 Å². The van der Waals surface area contributed by atoms with Crippen LogP contribution in [0.5, 0.6) is 0 Å². The summed E-state index contributed by atoms with van der Waals surface area (Å²) >= 11 is 1.79. The number of carbonyl (C=O) groups excluding carboxylic acids is 1. The first kappa shape index (κ1) is 13.0. The third kappa shape index (κ3) is 2.51. The van der Waals surface area contributed by atoms with Gasteiger partial charge in [0.25, 0.3) is 0 Å². The van der Waals surface area contributed by atoms with E-state index in [-0.39, 0.29) is 11.2 Å². The van der Waals surface area contributed by atoms with E-state index >= 15 is 0 Å². The Morgan fingerprint density at radius 2 is 2.26 bits per heavy atom.